The molecular formula is C9H14NO+. The number of methoxy groups -OCH3 is 1. The van der Waals surface area contributed by atoms with Gasteiger partial charge in [-0.1, -0.05) is 6.92 Å². The first-order chi connectivity index (χ1) is 5.38. The molecule has 0 amide bonds. The Kier molecular flexibility index (Phi) is 2.90. The van der Waals surface area contributed by atoms with Gasteiger partial charge in [-0.2, -0.15) is 4.57 Å². The zero-order valence-electron chi connectivity index (χ0n) is 7.08. The van der Waals surface area contributed by atoms with Gasteiger partial charge in [-0.25, -0.2) is 0 Å². The number of hydrogen-bond donors (Lipinski definition) is 0. The van der Waals surface area contributed by atoms with Crippen molar-refractivity contribution in [3.8, 4) is 5.88 Å². The fourth-order valence-electron chi connectivity index (χ4n) is 1.07. The average molecular weight is 152 g/mol. The summed E-state index contributed by atoms with van der Waals surface area (Å²) in [6, 6.07) is 5.96. The van der Waals surface area contributed by atoms with Crippen LogP contribution in [0.5, 0.6) is 5.88 Å². The molecule has 11 heavy (non-hydrogen) atoms. The first-order valence-electron chi connectivity index (χ1n) is 3.91. The van der Waals surface area contributed by atoms with Crippen LogP contribution in [0.3, 0.4) is 0 Å². The lowest BCUT2D eigenvalue weighted by atomic mass is 10.4. The van der Waals surface area contributed by atoms with E-state index in [4.69, 9.17) is 4.74 Å². The average Bonchev–Trinajstić information content (AvgIpc) is 2.06. The number of ether oxygens (including phenoxy) is 1. The van der Waals surface area contributed by atoms with Crippen LogP contribution in [0.4, 0.5) is 0 Å². The number of aryl methyl sites for hydroxylation is 1. The summed E-state index contributed by atoms with van der Waals surface area (Å²) in [5, 5.41) is 0. The molecule has 1 rings (SSSR count). The van der Waals surface area contributed by atoms with Crippen molar-refractivity contribution < 1.29 is 9.30 Å². The van der Waals surface area contributed by atoms with Crippen LogP contribution in [0.15, 0.2) is 24.4 Å². The van der Waals surface area contributed by atoms with E-state index in [1.54, 1.807) is 7.11 Å². The van der Waals surface area contributed by atoms with Gasteiger partial charge in [0.25, 0.3) is 0 Å². The van der Waals surface area contributed by atoms with Gasteiger partial charge in [0.15, 0.2) is 12.7 Å². The van der Waals surface area contributed by atoms with Crippen LogP contribution < -0.4 is 9.30 Å². The van der Waals surface area contributed by atoms with Crippen molar-refractivity contribution in [3.05, 3.63) is 24.4 Å². The third-order valence-electron chi connectivity index (χ3n) is 1.57. The summed E-state index contributed by atoms with van der Waals surface area (Å²) < 4.78 is 7.26. The van der Waals surface area contributed by atoms with Gasteiger partial charge in [-0.05, 0) is 6.07 Å². The third-order valence-corrected chi connectivity index (χ3v) is 1.57. The Balaban J connectivity index is 2.83. The third kappa shape index (κ3) is 1.93. The van der Waals surface area contributed by atoms with Crippen LogP contribution in [0.25, 0.3) is 0 Å². The molecule has 0 saturated carbocycles. The lowest BCUT2D eigenvalue weighted by Gasteiger charge is -1.98. The predicted octanol–water partition coefficient (Wildman–Crippen LogP) is 1.39. The molecule has 1 heterocycles. The summed E-state index contributed by atoms with van der Waals surface area (Å²) >= 11 is 0. The number of aromatic nitrogens is 1. The van der Waals surface area contributed by atoms with E-state index in [0.717, 1.165) is 18.8 Å². The van der Waals surface area contributed by atoms with Crippen LogP contribution >= 0.6 is 0 Å². The van der Waals surface area contributed by atoms with Crippen LogP contribution in [0.2, 0.25) is 0 Å². The van der Waals surface area contributed by atoms with Crippen molar-refractivity contribution >= 4 is 0 Å². The quantitative estimate of drug-likeness (QED) is 0.596. The molecule has 0 unspecified atom stereocenters. The number of pyridine rings is 1. The summed E-state index contributed by atoms with van der Waals surface area (Å²) in [6.07, 6.45) is 3.16. The number of rotatable bonds is 3. The Morgan fingerprint density at radius 3 is 2.91 bits per heavy atom. The Bertz CT molecular complexity index is 223. The van der Waals surface area contributed by atoms with Crippen LogP contribution in [-0.2, 0) is 6.54 Å². The maximum Gasteiger partial charge on any atom is 0.367 e. The summed E-state index contributed by atoms with van der Waals surface area (Å²) in [7, 11) is 1.70. The van der Waals surface area contributed by atoms with Gasteiger partial charge in [0.2, 0.25) is 0 Å². The van der Waals surface area contributed by atoms with E-state index in [1.807, 2.05) is 24.4 Å². The Labute approximate surface area is 67.4 Å². The van der Waals surface area contributed by atoms with Crippen molar-refractivity contribution in [3.63, 3.8) is 0 Å². The molecule has 0 radical (unpaired) electrons. The lowest BCUT2D eigenvalue weighted by Crippen LogP contribution is -2.34. The van der Waals surface area contributed by atoms with Gasteiger partial charge in [0.1, 0.15) is 0 Å². The Morgan fingerprint density at radius 2 is 2.27 bits per heavy atom. The Hall–Kier alpha value is -1.05. The topological polar surface area (TPSA) is 13.1 Å². The highest BCUT2D eigenvalue weighted by Gasteiger charge is 2.05. The predicted molar refractivity (Wildman–Crippen MR) is 43.5 cm³/mol. The van der Waals surface area contributed by atoms with Crippen LogP contribution in [-0.4, -0.2) is 7.11 Å². The zero-order chi connectivity index (χ0) is 8.10. The van der Waals surface area contributed by atoms with Crippen molar-refractivity contribution in [2.75, 3.05) is 7.11 Å². The molecule has 0 spiro atoms. The normalized spacial score (nSPS) is 9.64. The van der Waals surface area contributed by atoms with Crippen molar-refractivity contribution in [2.45, 2.75) is 19.9 Å². The molecule has 2 nitrogen and oxygen atoms in total. The van der Waals surface area contributed by atoms with Crippen LogP contribution in [0.1, 0.15) is 13.3 Å². The molecule has 60 valence electrons. The molecule has 0 atom stereocenters. The van der Waals surface area contributed by atoms with Gasteiger partial charge in [-0.3, -0.25) is 0 Å². The van der Waals surface area contributed by atoms with E-state index in [2.05, 4.69) is 11.5 Å². The molecule has 0 aromatic carbocycles. The summed E-state index contributed by atoms with van der Waals surface area (Å²) in [6.45, 7) is 3.17. The minimum absolute atomic E-state index is 0.925. The van der Waals surface area contributed by atoms with E-state index < -0.39 is 0 Å². The second kappa shape index (κ2) is 3.96. The van der Waals surface area contributed by atoms with E-state index in [0.29, 0.717) is 0 Å². The standard InChI is InChI=1S/C9H14NO/c1-3-7-10-8-5-4-6-9(10)11-2/h4-6,8H,3,7H2,1-2H3/q+1. The lowest BCUT2D eigenvalue weighted by molar-refractivity contribution is -0.701. The van der Waals surface area contributed by atoms with Crippen molar-refractivity contribution in [2.24, 2.45) is 0 Å². The molecule has 0 aliphatic rings. The fourth-order valence-corrected chi connectivity index (χ4v) is 1.07. The highest BCUT2D eigenvalue weighted by atomic mass is 16.5. The molecule has 0 bridgehead atoms. The van der Waals surface area contributed by atoms with Crippen molar-refractivity contribution in [1.29, 1.82) is 0 Å². The first kappa shape index (κ1) is 8.05. The van der Waals surface area contributed by atoms with Gasteiger partial charge in [0.05, 0.1) is 13.2 Å². The molecule has 2 heteroatoms. The van der Waals surface area contributed by atoms with Gasteiger partial charge >= 0.3 is 5.88 Å². The molecular weight excluding hydrogens is 138 g/mol. The molecule has 0 N–H and O–H groups in total. The molecule has 0 aliphatic heterocycles. The van der Waals surface area contributed by atoms with E-state index in [-0.39, 0.29) is 0 Å². The monoisotopic (exact) mass is 152 g/mol. The fraction of sp³-hybridized carbons (Fsp3) is 0.444. The van der Waals surface area contributed by atoms with Crippen molar-refractivity contribution in [1.82, 2.24) is 0 Å². The summed E-state index contributed by atoms with van der Waals surface area (Å²) in [4.78, 5) is 0. The van der Waals surface area contributed by atoms with E-state index >= 15 is 0 Å². The smallest absolute Gasteiger partial charge is 0.367 e. The first-order valence-corrected chi connectivity index (χ1v) is 3.91. The van der Waals surface area contributed by atoms with Crippen LogP contribution in [0, 0.1) is 0 Å². The number of nitrogens with zero attached hydrogens (tertiary/aromatic N) is 1. The van der Waals surface area contributed by atoms with E-state index in [1.165, 1.54) is 0 Å². The Morgan fingerprint density at radius 1 is 1.45 bits per heavy atom. The molecule has 0 fully saturated rings. The minimum atomic E-state index is 0.925. The molecule has 0 aliphatic carbocycles. The zero-order valence-corrected chi connectivity index (χ0v) is 7.08. The molecule has 1 aromatic rings. The van der Waals surface area contributed by atoms with E-state index in [9.17, 15) is 0 Å². The van der Waals surface area contributed by atoms with Gasteiger partial charge < -0.3 is 4.74 Å². The maximum atomic E-state index is 5.16. The number of hydrogen-bond acceptors (Lipinski definition) is 1. The second-order valence-corrected chi connectivity index (χ2v) is 2.44. The maximum absolute atomic E-state index is 5.16. The highest BCUT2D eigenvalue weighted by molar-refractivity contribution is 5.01. The summed E-state index contributed by atoms with van der Waals surface area (Å²) in [5.41, 5.74) is 0. The second-order valence-electron chi connectivity index (χ2n) is 2.44. The molecule has 1 aromatic heterocycles. The largest absolute Gasteiger partial charge is 0.448 e. The summed E-state index contributed by atoms with van der Waals surface area (Å²) in [5.74, 6) is 0.925. The minimum Gasteiger partial charge on any atom is -0.448 e. The SMILES string of the molecule is CCC[n+]1ccccc1OC. The highest BCUT2D eigenvalue weighted by Crippen LogP contribution is 1.99. The van der Waals surface area contributed by atoms with Gasteiger partial charge in [-0.15, -0.1) is 0 Å². The molecule has 0 saturated heterocycles. The van der Waals surface area contributed by atoms with Gasteiger partial charge in [0, 0.05) is 12.5 Å².